The molecule has 3 aromatic rings. The monoisotopic (exact) mass is 227 g/mol. The zero-order chi connectivity index (χ0) is 11.7. The van der Waals surface area contributed by atoms with E-state index in [0.29, 0.717) is 17.6 Å². The third kappa shape index (κ3) is 1.69. The Morgan fingerprint density at radius 3 is 2.88 bits per heavy atom. The second-order valence-corrected chi connectivity index (χ2v) is 3.67. The van der Waals surface area contributed by atoms with E-state index in [-0.39, 0.29) is 5.56 Å². The molecule has 0 fully saturated rings. The lowest BCUT2D eigenvalue weighted by molar-refractivity contribution is 0.693. The van der Waals surface area contributed by atoms with Crippen molar-refractivity contribution < 1.29 is 0 Å². The Balaban J connectivity index is 2.08. The van der Waals surface area contributed by atoms with Crippen molar-refractivity contribution in [2.45, 2.75) is 6.54 Å². The molecule has 0 atom stereocenters. The van der Waals surface area contributed by atoms with Crippen LogP contribution >= 0.6 is 0 Å². The van der Waals surface area contributed by atoms with Gasteiger partial charge in [0.15, 0.2) is 5.65 Å². The molecule has 0 aliphatic carbocycles. The van der Waals surface area contributed by atoms with E-state index in [4.69, 9.17) is 0 Å². The van der Waals surface area contributed by atoms with E-state index in [9.17, 15) is 4.79 Å². The van der Waals surface area contributed by atoms with E-state index < -0.39 is 0 Å². The Labute approximate surface area is 95.9 Å². The van der Waals surface area contributed by atoms with Crippen molar-refractivity contribution in [2.75, 3.05) is 0 Å². The number of nitrogens with one attached hydrogen (secondary N) is 1. The maximum atomic E-state index is 11.4. The molecule has 0 spiro atoms. The fourth-order valence-electron chi connectivity index (χ4n) is 1.69. The van der Waals surface area contributed by atoms with Crippen LogP contribution in [0.1, 0.15) is 5.56 Å². The highest BCUT2D eigenvalue weighted by molar-refractivity contribution is 5.72. The second-order valence-electron chi connectivity index (χ2n) is 3.67. The molecule has 0 radical (unpaired) electrons. The van der Waals surface area contributed by atoms with Crippen LogP contribution in [0, 0.1) is 0 Å². The first-order chi connectivity index (χ1) is 8.34. The highest BCUT2D eigenvalue weighted by Crippen LogP contribution is 2.07. The minimum atomic E-state index is -0.269. The fraction of sp³-hybridized carbons (Fsp3) is 0.0909. The largest absolute Gasteiger partial charge is 0.278 e. The van der Waals surface area contributed by atoms with Crippen LogP contribution in [-0.4, -0.2) is 25.2 Å². The zero-order valence-electron chi connectivity index (χ0n) is 8.87. The fourth-order valence-corrected chi connectivity index (χ4v) is 1.69. The van der Waals surface area contributed by atoms with E-state index in [1.807, 2.05) is 30.3 Å². The van der Waals surface area contributed by atoms with Crippen molar-refractivity contribution in [3.63, 3.8) is 0 Å². The number of benzene rings is 1. The molecule has 17 heavy (non-hydrogen) atoms. The number of hydrogen-bond acceptors (Lipinski definition) is 4. The van der Waals surface area contributed by atoms with Gasteiger partial charge in [0, 0.05) is 0 Å². The minimum absolute atomic E-state index is 0.269. The SMILES string of the molecule is O=c1[nH]nnc2c1cnn2Cc1ccccc1. The molecule has 1 aromatic carbocycles. The number of rotatable bonds is 2. The summed E-state index contributed by atoms with van der Waals surface area (Å²) in [6.07, 6.45) is 1.51. The number of fused-ring (bicyclic) bond motifs is 1. The van der Waals surface area contributed by atoms with Crippen LogP contribution < -0.4 is 5.56 Å². The molecule has 0 saturated heterocycles. The Hall–Kier alpha value is -2.50. The maximum absolute atomic E-state index is 11.4. The smallest absolute Gasteiger partial charge is 0.267 e. The molecule has 0 unspecified atom stereocenters. The standard InChI is InChI=1S/C11H9N5O/c17-11-9-6-12-16(10(9)13-15-14-11)7-8-4-2-1-3-5-8/h1-6H,7H2,(H,13,14,17). The van der Waals surface area contributed by atoms with Gasteiger partial charge in [-0.25, -0.2) is 9.78 Å². The summed E-state index contributed by atoms with van der Waals surface area (Å²) in [7, 11) is 0. The van der Waals surface area contributed by atoms with Crippen LogP contribution in [0.25, 0.3) is 11.0 Å². The average molecular weight is 227 g/mol. The normalized spacial score (nSPS) is 10.8. The molecule has 6 nitrogen and oxygen atoms in total. The summed E-state index contributed by atoms with van der Waals surface area (Å²) in [5, 5.41) is 14.3. The zero-order valence-corrected chi connectivity index (χ0v) is 8.87. The molecule has 0 saturated carbocycles. The number of aromatic amines is 1. The molecule has 0 bridgehead atoms. The molecule has 3 rings (SSSR count). The molecule has 0 aliphatic heterocycles. The van der Waals surface area contributed by atoms with Gasteiger partial charge in [-0.05, 0) is 5.56 Å². The quantitative estimate of drug-likeness (QED) is 0.694. The molecule has 6 heteroatoms. The Morgan fingerprint density at radius 1 is 1.24 bits per heavy atom. The van der Waals surface area contributed by atoms with E-state index in [1.165, 1.54) is 6.20 Å². The molecule has 84 valence electrons. The van der Waals surface area contributed by atoms with Gasteiger partial charge in [0.05, 0.1) is 12.7 Å². The van der Waals surface area contributed by atoms with Crippen LogP contribution in [-0.2, 0) is 6.54 Å². The van der Waals surface area contributed by atoms with Gasteiger partial charge in [0.25, 0.3) is 5.56 Å². The van der Waals surface area contributed by atoms with Crippen molar-refractivity contribution in [1.82, 2.24) is 25.2 Å². The lowest BCUT2D eigenvalue weighted by atomic mass is 10.2. The van der Waals surface area contributed by atoms with Gasteiger partial charge >= 0.3 is 0 Å². The highest BCUT2D eigenvalue weighted by Gasteiger charge is 2.07. The first-order valence-corrected chi connectivity index (χ1v) is 5.15. The van der Waals surface area contributed by atoms with Crippen LogP contribution in [0.5, 0.6) is 0 Å². The molecular formula is C11H9N5O. The lowest BCUT2D eigenvalue weighted by Gasteiger charge is -2.01. The lowest BCUT2D eigenvalue weighted by Crippen LogP contribution is -2.11. The van der Waals surface area contributed by atoms with E-state index >= 15 is 0 Å². The predicted octanol–water partition coefficient (Wildman–Crippen LogP) is 0.563. The predicted molar refractivity (Wildman–Crippen MR) is 61.5 cm³/mol. The Kier molecular flexibility index (Phi) is 2.18. The first kappa shape index (κ1) is 9.71. The van der Waals surface area contributed by atoms with Crippen molar-refractivity contribution in [2.24, 2.45) is 0 Å². The topological polar surface area (TPSA) is 76.5 Å². The summed E-state index contributed by atoms with van der Waals surface area (Å²) in [5.41, 5.74) is 1.33. The molecular weight excluding hydrogens is 218 g/mol. The summed E-state index contributed by atoms with van der Waals surface area (Å²) < 4.78 is 1.66. The van der Waals surface area contributed by atoms with Gasteiger partial charge in [-0.2, -0.15) is 5.10 Å². The molecule has 1 N–H and O–H groups in total. The Morgan fingerprint density at radius 2 is 2.06 bits per heavy atom. The summed E-state index contributed by atoms with van der Waals surface area (Å²) in [5.74, 6) is 0. The van der Waals surface area contributed by atoms with Gasteiger partial charge in [0.1, 0.15) is 5.39 Å². The summed E-state index contributed by atoms with van der Waals surface area (Å²) in [4.78, 5) is 11.4. The molecule has 2 aromatic heterocycles. The molecule has 0 aliphatic rings. The van der Waals surface area contributed by atoms with Crippen LogP contribution in [0.3, 0.4) is 0 Å². The highest BCUT2D eigenvalue weighted by atomic mass is 16.1. The van der Waals surface area contributed by atoms with Gasteiger partial charge in [-0.15, -0.1) is 5.10 Å². The van der Waals surface area contributed by atoms with Crippen molar-refractivity contribution in [3.05, 3.63) is 52.4 Å². The first-order valence-electron chi connectivity index (χ1n) is 5.15. The molecule has 2 heterocycles. The summed E-state index contributed by atoms with van der Waals surface area (Å²) in [6.45, 7) is 0.572. The molecule has 0 amide bonds. The number of nitrogens with zero attached hydrogens (tertiary/aromatic N) is 4. The van der Waals surface area contributed by atoms with E-state index in [1.54, 1.807) is 4.68 Å². The Bertz CT molecular complexity index is 700. The third-order valence-corrected chi connectivity index (χ3v) is 2.53. The number of aromatic nitrogens is 5. The van der Waals surface area contributed by atoms with Gasteiger partial charge < -0.3 is 0 Å². The maximum Gasteiger partial charge on any atom is 0.278 e. The second kappa shape index (κ2) is 3.82. The van der Waals surface area contributed by atoms with Gasteiger partial charge in [-0.3, -0.25) is 4.79 Å². The van der Waals surface area contributed by atoms with E-state index in [0.717, 1.165) is 5.56 Å². The number of H-pyrrole nitrogens is 1. The number of hydrogen-bond donors (Lipinski definition) is 1. The third-order valence-electron chi connectivity index (χ3n) is 2.53. The summed E-state index contributed by atoms with van der Waals surface area (Å²) >= 11 is 0. The van der Waals surface area contributed by atoms with Gasteiger partial charge in [0.2, 0.25) is 0 Å². The van der Waals surface area contributed by atoms with Crippen LogP contribution in [0.4, 0.5) is 0 Å². The van der Waals surface area contributed by atoms with E-state index in [2.05, 4.69) is 20.5 Å². The van der Waals surface area contributed by atoms with Crippen molar-refractivity contribution in [1.29, 1.82) is 0 Å². The minimum Gasteiger partial charge on any atom is -0.267 e. The van der Waals surface area contributed by atoms with Crippen molar-refractivity contribution >= 4 is 11.0 Å². The van der Waals surface area contributed by atoms with Crippen LogP contribution in [0.15, 0.2) is 41.3 Å². The van der Waals surface area contributed by atoms with Gasteiger partial charge in [-0.1, -0.05) is 35.5 Å². The van der Waals surface area contributed by atoms with Crippen molar-refractivity contribution in [3.8, 4) is 0 Å². The van der Waals surface area contributed by atoms with Crippen LogP contribution in [0.2, 0.25) is 0 Å². The summed E-state index contributed by atoms with van der Waals surface area (Å²) in [6, 6.07) is 9.86. The average Bonchev–Trinajstić information content (AvgIpc) is 2.76.